The smallest absolute Gasteiger partial charge is 0.267 e. The second kappa shape index (κ2) is 5.20. The van der Waals surface area contributed by atoms with E-state index in [4.69, 9.17) is 10.5 Å². The molecule has 1 atom stereocenters. The normalized spacial score (nSPS) is 21.4. The van der Waals surface area contributed by atoms with Gasteiger partial charge in [0.25, 0.3) is 5.91 Å². The third-order valence-electron chi connectivity index (χ3n) is 2.78. The minimum Gasteiger partial charge on any atom is -0.397 e. The molecule has 0 aromatic carbocycles. The Morgan fingerprint density at radius 3 is 3.24 bits per heavy atom. The van der Waals surface area contributed by atoms with Crippen LogP contribution in [0.2, 0.25) is 0 Å². The zero-order valence-electron chi connectivity index (χ0n) is 9.90. The lowest BCUT2D eigenvalue weighted by Crippen LogP contribution is -2.45. The van der Waals surface area contributed by atoms with Crippen LogP contribution in [0.4, 0.5) is 5.69 Å². The van der Waals surface area contributed by atoms with Gasteiger partial charge in [-0.15, -0.1) is 0 Å². The van der Waals surface area contributed by atoms with Gasteiger partial charge in [-0.25, -0.2) is 0 Å². The number of hydrogen-bond donors (Lipinski definition) is 3. The Kier molecular flexibility index (Phi) is 3.65. The topological polar surface area (TPSA) is 83.4 Å². The van der Waals surface area contributed by atoms with Crippen molar-refractivity contribution in [2.45, 2.75) is 6.10 Å². The van der Waals surface area contributed by atoms with Crippen LogP contribution in [0.15, 0.2) is 12.3 Å². The molecular formula is C11H18N4O2. The van der Waals surface area contributed by atoms with Crippen molar-refractivity contribution in [1.82, 2.24) is 15.2 Å². The number of rotatable bonds is 3. The van der Waals surface area contributed by atoms with E-state index in [1.807, 2.05) is 7.05 Å². The number of nitrogens with zero attached hydrogens (tertiary/aromatic N) is 1. The molecule has 1 amide bonds. The maximum Gasteiger partial charge on any atom is 0.267 e. The average Bonchev–Trinajstić information content (AvgIpc) is 2.73. The van der Waals surface area contributed by atoms with Crippen molar-refractivity contribution in [2.75, 3.05) is 39.0 Å². The van der Waals surface area contributed by atoms with E-state index in [1.54, 1.807) is 12.3 Å². The molecule has 0 spiro atoms. The fraction of sp³-hybridized carbons (Fsp3) is 0.545. The van der Waals surface area contributed by atoms with Gasteiger partial charge in [0.05, 0.1) is 12.7 Å². The summed E-state index contributed by atoms with van der Waals surface area (Å²) in [5.74, 6) is -0.154. The molecule has 17 heavy (non-hydrogen) atoms. The van der Waals surface area contributed by atoms with Gasteiger partial charge >= 0.3 is 0 Å². The van der Waals surface area contributed by atoms with Gasteiger partial charge in [0, 0.05) is 31.5 Å². The fourth-order valence-electron chi connectivity index (χ4n) is 1.83. The summed E-state index contributed by atoms with van der Waals surface area (Å²) in [4.78, 5) is 16.7. The first kappa shape index (κ1) is 11.9. The van der Waals surface area contributed by atoms with Crippen LogP contribution in [0.25, 0.3) is 0 Å². The predicted octanol–water partition coefficient (Wildman–Crippen LogP) is -0.343. The zero-order valence-corrected chi connectivity index (χ0v) is 9.90. The molecular weight excluding hydrogens is 220 g/mol. The first-order valence-corrected chi connectivity index (χ1v) is 5.67. The molecule has 0 radical (unpaired) electrons. The SMILES string of the molecule is CN1CCOC(CNC(=O)c2cc(N)c[nH]2)C1. The number of hydrogen-bond acceptors (Lipinski definition) is 4. The summed E-state index contributed by atoms with van der Waals surface area (Å²) in [6, 6.07) is 1.61. The van der Waals surface area contributed by atoms with Gasteiger partial charge in [0.2, 0.25) is 0 Å². The molecule has 1 aromatic heterocycles. The monoisotopic (exact) mass is 238 g/mol. The maximum atomic E-state index is 11.7. The number of anilines is 1. The Bertz CT molecular complexity index is 391. The lowest BCUT2D eigenvalue weighted by molar-refractivity contribution is -0.0175. The molecule has 94 valence electrons. The number of carbonyl (C=O) groups excluding carboxylic acids is 1. The van der Waals surface area contributed by atoms with Crippen LogP contribution in [0, 0.1) is 0 Å². The highest BCUT2D eigenvalue weighted by molar-refractivity contribution is 5.93. The van der Waals surface area contributed by atoms with Gasteiger partial charge in [-0.05, 0) is 13.1 Å². The van der Waals surface area contributed by atoms with E-state index in [9.17, 15) is 4.79 Å². The van der Waals surface area contributed by atoms with Gasteiger partial charge in [0.1, 0.15) is 5.69 Å². The molecule has 1 saturated heterocycles. The van der Waals surface area contributed by atoms with Crippen LogP contribution in [0.3, 0.4) is 0 Å². The number of carbonyl (C=O) groups is 1. The van der Waals surface area contributed by atoms with Crippen molar-refractivity contribution in [3.8, 4) is 0 Å². The number of H-pyrrole nitrogens is 1. The lowest BCUT2D eigenvalue weighted by atomic mass is 10.2. The molecule has 1 fully saturated rings. The molecule has 1 unspecified atom stereocenters. The van der Waals surface area contributed by atoms with Crippen molar-refractivity contribution in [2.24, 2.45) is 0 Å². The van der Waals surface area contributed by atoms with Gasteiger partial charge in [0.15, 0.2) is 0 Å². The molecule has 1 aliphatic rings. The summed E-state index contributed by atoms with van der Waals surface area (Å²) in [6.07, 6.45) is 1.66. The third-order valence-corrected chi connectivity index (χ3v) is 2.78. The van der Waals surface area contributed by atoms with E-state index in [0.717, 1.165) is 13.1 Å². The van der Waals surface area contributed by atoms with Crippen LogP contribution in [0.1, 0.15) is 10.5 Å². The van der Waals surface area contributed by atoms with Crippen molar-refractivity contribution in [1.29, 1.82) is 0 Å². The number of ether oxygens (including phenoxy) is 1. The van der Waals surface area contributed by atoms with Gasteiger partial charge in [-0.2, -0.15) is 0 Å². The Balaban J connectivity index is 1.80. The van der Waals surface area contributed by atoms with Crippen molar-refractivity contribution in [3.05, 3.63) is 18.0 Å². The number of nitrogens with two attached hydrogens (primary N) is 1. The largest absolute Gasteiger partial charge is 0.397 e. The average molecular weight is 238 g/mol. The number of nitrogen functional groups attached to an aromatic ring is 1. The van der Waals surface area contributed by atoms with Crippen LogP contribution in [0.5, 0.6) is 0 Å². The molecule has 1 aromatic rings. The van der Waals surface area contributed by atoms with Crippen molar-refractivity contribution >= 4 is 11.6 Å². The minimum absolute atomic E-state index is 0.0602. The summed E-state index contributed by atoms with van der Waals surface area (Å²) < 4.78 is 5.55. The van der Waals surface area contributed by atoms with Crippen LogP contribution >= 0.6 is 0 Å². The van der Waals surface area contributed by atoms with E-state index < -0.39 is 0 Å². The summed E-state index contributed by atoms with van der Waals surface area (Å²) in [5.41, 5.74) is 6.57. The van der Waals surface area contributed by atoms with E-state index in [1.165, 1.54) is 0 Å². The van der Waals surface area contributed by atoms with Gasteiger partial charge < -0.3 is 25.7 Å². The highest BCUT2D eigenvalue weighted by Gasteiger charge is 2.18. The Morgan fingerprint density at radius 1 is 1.76 bits per heavy atom. The van der Waals surface area contributed by atoms with E-state index in [0.29, 0.717) is 24.5 Å². The Labute approximate surface area is 100 Å². The summed E-state index contributed by atoms with van der Waals surface area (Å²) in [5, 5.41) is 2.83. The van der Waals surface area contributed by atoms with Crippen LogP contribution < -0.4 is 11.1 Å². The molecule has 0 aliphatic carbocycles. The maximum absolute atomic E-state index is 11.7. The first-order valence-electron chi connectivity index (χ1n) is 5.67. The van der Waals surface area contributed by atoms with Crippen molar-refractivity contribution in [3.63, 3.8) is 0 Å². The Hall–Kier alpha value is -1.53. The molecule has 1 aliphatic heterocycles. The molecule has 6 nitrogen and oxygen atoms in total. The molecule has 0 bridgehead atoms. The minimum atomic E-state index is -0.154. The highest BCUT2D eigenvalue weighted by atomic mass is 16.5. The zero-order chi connectivity index (χ0) is 12.3. The fourth-order valence-corrected chi connectivity index (χ4v) is 1.83. The number of morpholine rings is 1. The number of amides is 1. The predicted molar refractivity (Wildman–Crippen MR) is 64.8 cm³/mol. The summed E-state index contributed by atoms with van der Waals surface area (Å²) >= 11 is 0. The molecule has 4 N–H and O–H groups in total. The second-order valence-corrected chi connectivity index (χ2v) is 4.31. The van der Waals surface area contributed by atoms with E-state index in [-0.39, 0.29) is 12.0 Å². The third kappa shape index (κ3) is 3.21. The van der Waals surface area contributed by atoms with Crippen LogP contribution in [-0.4, -0.2) is 55.2 Å². The number of likely N-dealkylation sites (N-methyl/N-ethyl adjacent to an activating group) is 1. The van der Waals surface area contributed by atoms with E-state index in [2.05, 4.69) is 15.2 Å². The summed E-state index contributed by atoms with van der Waals surface area (Å²) in [6.45, 7) is 3.01. The lowest BCUT2D eigenvalue weighted by Gasteiger charge is -2.30. The van der Waals surface area contributed by atoms with Crippen LogP contribution in [-0.2, 0) is 4.74 Å². The quantitative estimate of drug-likeness (QED) is 0.672. The highest BCUT2D eigenvalue weighted by Crippen LogP contribution is 2.05. The van der Waals surface area contributed by atoms with Gasteiger partial charge in [-0.1, -0.05) is 0 Å². The molecule has 2 rings (SSSR count). The van der Waals surface area contributed by atoms with E-state index >= 15 is 0 Å². The Morgan fingerprint density at radius 2 is 2.59 bits per heavy atom. The van der Waals surface area contributed by atoms with Gasteiger partial charge in [-0.3, -0.25) is 4.79 Å². The molecule has 2 heterocycles. The number of aromatic amines is 1. The number of nitrogens with one attached hydrogen (secondary N) is 2. The van der Waals surface area contributed by atoms with Crippen molar-refractivity contribution < 1.29 is 9.53 Å². The summed E-state index contributed by atoms with van der Waals surface area (Å²) in [7, 11) is 2.04. The first-order chi connectivity index (χ1) is 8.15. The second-order valence-electron chi connectivity index (χ2n) is 4.31. The standard InChI is InChI=1S/C11H18N4O2/c1-15-2-3-17-9(7-15)6-14-11(16)10-4-8(12)5-13-10/h4-5,9,13H,2-3,6-7,12H2,1H3,(H,14,16). The number of aromatic nitrogens is 1. The molecule has 6 heteroatoms. The molecule has 0 saturated carbocycles.